The van der Waals surface area contributed by atoms with Crippen LogP contribution in [0.3, 0.4) is 0 Å². The zero-order chi connectivity index (χ0) is 16.1. The summed E-state index contributed by atoms with van der Waals surface area (Å²) >= 11 is 0. The summed E-state index contributed by atoms with van der Waals surface area (Å²) in [5.74, 6) is 1.04. The van der Waals surface area contributed by atoms with Gasteiger partial charge in [0.05, 0.1) is 18.8 Å². The minimum absolute atomic E-state index is 0.986. The van der Waals surface area contributed by atoms with Crippen LogP contribution in [0.15, 0.2) is 42.6 Å². The molecule has 0 fully saturated rings. The molecule has 3 aromatic rings. The van der Waals surface area contributed by atoms with Gasteiger partial charge in [0.25, 0.3) is 0 Å². The van der Waals surface area contributed by atoms with E-state index in [0.29, 0.717) is 0 Å². The van der Waals surface area contributed by atoms with E-state index in [-0.39, 0.29) is 0 Å². The van der Waals surface area contributed by atoms with E-state index in [1.807, 2.05) is 0 Å². The summed E-state index contributed by atoms with van der Waals surface area (Å²) in [4.78, 5) is 5.09. The highest BCUT2D eigenvalue weighted by Crippen LogP contribution is 2.37. The van der Waals surface area contributed by atoms with E-state index in [0.717, 1.165) is 17.9 Å². The zero-order valence-electron chi connectivity index (χ0n) is 14.1. The van der Waals surface area contributed by atoms with Gasteiger partial charge in [0, 0.05) is 17.5 Å². The molecular weight excluding hydrogens is 280 g/mol. The molecule has 0 spiro atoms. The molecule has 0 bridgehead atoms. The van der Waals surface area contributed by atoms with Crippen molar-refractivity contribution in [1.29, 1.82) is 0 Å². The molecule has 2 heteroatoms. The molecule has 4 rings (SSSR count). The number of benzene rings is 2. The molecule has 1 aromatic heterocycles. The van der Waals surface area contributed by atoms with E-state index >= 15 is 0 Å². The average Bonchev–Trinajstić information content (AvgIpc) is 2.87. The van der Waals surface area contributed by atoms with Crippen molar-refractivity contribution in [2.24, 2.45) is 7.05 Å². The first-order chi connectivity index (χ1) is 11.0. The molecule has 0 radical (unpaired) electrons. The fourth-order valence-corrected chi connectivity index (χ4v) is 3.61. The Bertz CT molecular complexity index is 939. The van der Waals surface area contributed by atoms with Crippen LogP contribution >= 0.6 is 0 Å². The molecule has 1 aliphatic carbocycles. The first kappa shape index (κ1) is 14.1. The van der Waals surface area contributed by atoms with Gasteiger partial charge in [0.15, 0.2) is 5.69 Å². The average molecular weight is 301 g/mol. The lowest BCUT2D eigenvalue weighted by Crippen LogP contribution is -2.33. The highest BCUT2D eigenvalue weighted by molar-refractivity contribution is 5.77. The van der Waals surface area contributed by atoms with Crippen LogP contribution in [0.1, 0.15) is 27.8 Å². The van der Waals surface area contributed by atoms with Gasteiger partial charge in [-0.25, -0.2) is 4.57 Å². The minimum Gasteiger partial charge on any atom is -0.233 e. The molecule has 0 amide bonds. The molecule has 0 aliphatic heterocycles. The summed E-state index contributed by atoms with van der Waals surface area (Å²) < 4.78 is 2.17. The van der Waals surface area contributed by atoms with Crippen LogP contribution in [0.4, 0.5) is 0 Å². The Hall–Kier alpha value is -2.48. The summed E-state index contributed by atoms with van der Waals surface area (Å²) in [6, 6.07) is 13.1. The van der Waals surface area contributed by atoms with Crippen LogP contribution in [0.25, 0.3) is 22.6 Å². The second-order valence-electron chi connectivity index (χ2n) is 6.65. The minimum atomic E-state index is 0.986. The summed E-state index contributed by atoms with van der Waals surface area (Å²) in [5, 5.41) is 0. The third-order valence-corrected chi connectivity index (χ3v) is 4.82. The van der Waals surface area contributed by atoms with Crippen molar-refractivity contribution in [3.05, 3.63) is 70.4 Å². The Labute approximate surface area is 137 Å². The lowest BCUT2D eigenvalue weighted by Gasteiger charge is -2.06. The van der Waals surface area contributed by atoms with Crippen molar-refractivity contribution >= 4 is 0 Å². The molecule has 1 aliphatic rings. The van der Waals surface area contributed by atoms with E-state index in [2.05, 4.69) is 75.0 Å². The predicted molar refractivity (Wildman–Crippen MR) is 93.3 cm³/mol. The topological polar surface area (TPSA) is 16.8 Å². The molecule has 2 aromatic carbocycles. The maximum Gasteiger partial charge on any atom is 0.331 e. The standard InChI is InChI=1S/C21H21N2/c1-13-8-9-14(2)18(10-13)21-22-20-17(12-23(21)4)11-16-7-5-6-15(3)19(16)20/h5-10,12H,11H2,1-4H3/q+1. The van der Waals surface area contributed by atoms with E-state index in [4.69, 9.17) is 4.98 Å². The van der Waals surface area contributed by atoms with Gasteiger partial charge in [-0.3, -0.25) is 0 Å². The lowest BCUT2D eigenvalue weighted by molar-refractivity contribution is -0.663. The Morgan fingerprint density at radius 1 is 0.957 bits per heavy atom. The third-order valence-electron chi connectivity index (χ3n) is 4.82. The van der Waals surface area contributed by atoms with Crippen molar-refractivity contribution in [2.75, 3.05) is 0 Å². The molecular formula is C21H21N2+. The van der Waals surface area contributed by atoms with Gasteiger partial charge in [0.2, 0.25) is 0 Å². The first-order valence-electron chi connectivity index (χ1n) is 8.10. The van der Waals surface area contributed by atoms with Gasteiger partial charge in [-0.05, 0) is 48.5 Å². The van der Waals surface area contributed by atoms with Crippen molar-refractivity contribution in [3.8, 4) is 22.6 Å². The van der Waals surface area contributed by atoms with Gasteiger partial charge in [-0.15, -0.1) is 0 Å². The van der Waals surface area contributed by atoms with Crippen LogP contribution in [-0.4, -0.2) is 4.98 Å². The molecule has 114 valence electrons. The largest absolute Gasteiger partial charge is 0.331 e. The van der Waals surface area contributed by atoms with Crippen molar-refractivity contribution in [3.63, 3.8) is 0 Å². The van der Waals surface area contributed by atoms with Gasteiger partial charge in [-0.1, -0.05) is 35.9 Å². The van der Waals surface area contributed by atoms with E-state index < -0.39 is 0 Å². The zero-order valence-corrected chi connectivity index (χ0v) is 14.1. The molecule has 0 atom stereocenters. The lowest BCUT2D eigenvalue weighted by atomic mass is 10.0. The number of nitrogens with zero attached hydrogens (tertiary/aromatic N) is 2. The van der Waals surface area contributed by atoms with Gasteiger partial charge >= 0.3 is 5.82 Å². The smallest absolute Gasteiger partial charge is 0.233 e. The Kier molecular flexibility index (Phi) is 3.08. The predicted octanol–water partition coefficient (Wildman–Crippen LogP) is 4.07. The molecule has 1 heterocycles. The highest BCUT2D eigenvalue weighted by Gasteiger charge is 2.29. The molecule has 0 saturated carbocycles. The fraction of sp³-hybridized carbons (Fsp3) is 0.238. The summed E-state index contributed by atoms with van der Waals surface area (Å²) in [6.45, 7) is 6.47. The van der Waals surface area contributed by atoms with E-state index in [1.54, 1.807) is 0 Å². The number of hydrogen-bond acceptors (Lipinski definition) is 1. The van der Waals surface area contributed by atoms with E-state index in [9.17, 15) is 0 Å². The fourth-order valence-electron chi connectivity index (χ4n) is 3.61. The number of aromatic nitrogens is 2. The quantitative estimate of drug-likeness (QED) is 0.484. The second kappa shape index (κ2) is 5.02. The van der Waals surface area contributed by atoms with Crippen molar-refractivity contribution in [1.82, 2.24) is 4.98 Å². The Morgan fingerprint density at radius 2 is 1.78 bits per heavy atom. The van der Waals surface area contributed by atoms with Crippen molar-refractivity contribution in [2.45, 2.75) is 27.2 Å². The Morgan fingerprint density at radius 3 is 2.61 bits per heavy atom. The molecule has 23 heavy (non-hydrogen) atoms. The number of aryl methyl sites for hydroxylation is 4. The number of hydrogen-bond donors (Lipinski definition) is 0. The summed E-state index contributed by atoms with van der Waals surface area (Å²) in [7, 11) is 2.10. The number of fused-ring (bicyclic) bond motifs is 3. The normalized spacial score (nSPS) is 12.2. The molecule has 0 N–H and O–H groups in total. The van der Waals surface area contributed by atoms with Gasteiger partial charge in [0.1, 0.15) is 0 Å². The maximum atomic E-state index is 5.09. The van der Waals surface area contributed by atoms with Crippen LogP contribution in [0.2, 0.25) is 0 Å². The van der Waals surface area contributed by atoms with Gasteiger partial charge < -0.3 is 0 Å². The number of rotatable bonds is 1. The Balaban J connectivity index is 1.98. The molecule has 0 saturated heterocycles. The van der Waals surface area contributed by atoms with Crippen LogP contribution in [0, 0.1) is 20.8 Å². The van der Waals surface area contributed by atoms with Crippen molar-refractivity contribution < 1.29 is 4.57 Å². The third kappa shape index (κ3) is 2.17. The first-order valence-corrected chi connectivity index (χ1v) is 8.10. The molecule has 2 nitrogen and oxygen atoms in total. The molecule has 0 unspecified atom stereocenters. The monoisotopic (exact) mass is 301 g/mol. The highest BCUT2D eigenvalue weighted by atomic mass is 15.0. The van der Waals surface area contributed by atoms with Gasteiger partial charge in [-0.2, -0.15) is 0 Å². The second-order valence-corrected chi connectivity index (χ2v) is 6.65. The summed E-state index contributed by atoms with van der Waals surface area (Å²) in [5.41, 5.74) is 10.3. The van der Waals surface area contributed by atoms with E-state index in [1.165, 1.54) is 38.9 Å². The maximum absolute atomic E-state index is 5.09. The SMILES string of the molecule is Cc1ccc(C)c(-c2nc3c(c[n+]2C)Cc2cccc(C)c2-3)c1. The van der Waals surface area contributed by atoms with Crippen LogP contribution < -0.4 is 4.57 Å². The van der Waals surface area contributed by atoms with Crippen LogP contribution in [0.5, 0.6) is 0 Å². The summed E-state index contributed by atoms with van der Waals surface area (Å²) in [6.07, 6.45) is 3.24. The van der Waals surface area contributed by atoms with Crippen LogP contribution in [-0.2, 0) is 13.5 Å².